The van der Waals surface area contributed by atoms with Gasteiger partial charge in [-0.3, -0.25) is 5.10 Å². The maximum absolute atomic E-state index is 14.2. The van der Waals surface area contributed by atoms with Crippen molar-refractivity contribution in [2.24, 2.45) is 4.99 Å². The molecule has 0 bridgehead atoms. The molecule has 0 aliphatic carbocycles. The van der Waals surface area contributed by atoms with Crippen molar-refractivity contribution in [3.8, 4) is 11.3 Å². The number of H-pyrrole nitrogens is 1. The zero-order valence-corrected chi connectivity index (χ0v) is 13.2. The van der Waals surface area contributed by atoms with E-state index in [0.717, 1.165) is 11.1 Å². The van der Waals surface area contributed by atoms with Crippen molar-refractivity contribution in [1.29, 1.82) is 0 Å². The fourth-order valence-corrected chi connectivity index (χ4v) is 2.87. The molecule has 3 aromatic rings. The smallest absolute Gasteiger partial charge is 0.174 e. The van der Waals surface area contributed by atoms with Crippen LogP contribution < -0.4 is 5.32 Å². The van der Waals surface area contributed by atoms with Gasteiger partial charge in [-0.05, 0) is 31.2 Å². The first-order chi connectivity index (χ1) is 11.5. The van der Waals surface area contributed by atoms with Crippen molar-refractivity contribution in [2.45, 2.75) is 6.92 Å². The second-order valence-electron chi connectivity index (χ2n) is 5.47. The van der Waals surface area contributed by atoms with Crippen LogP contribution in [0.5, 0.6) is 0 Å². The summed E-state index contributed by atoms with van der Waals surface area (Å²) in [7, 11) is 0. The Balaban J connectivity index is 2.02. The van der Waals surface area contributed by atoms with Crippen LogP contribution in [-0.4, -0.2) is 16.0 Å². The summed E-state index contributed by atoms with van der Waals surface area (Å²) in [6, 6.07) is 9.24. The molecule has 0 unspecified atom stereocenters. The Kier molecular flexibility index (Phi) is 3.35. The number of aryl methyl sites for hydroxylation is 1. The molecule has 2 heterocycles. The molecule has 1 aliphatic heterocycles. The molecule has 1 aromatic heterocycles. The van der Waals surface area contributed by atoms with Crippen LogP contribution in [0.4, 0.5) is 20.2 Å². The van der Waals surface area contributed by atoms with Crippen LogP contribution >= 0.6 is 11.6 Å². The molecule has 1 aliphatic rings. The molecule has 4 rings (SSSR count). The van der Waals surface area contributed by atoms with Crippen LogP contribution in [-0.2, 0) is 0 Å². The minimum atomic E-state index is -0.710. The topological polar surface area (TPSA) is 53.1 Å². The molecule has 120 valence electrons. The van der Waals surface area contributed by atoms with E-state index in [-0.39, 0.29) is 16.6 Å². The van der Waals surface area contributed by atoms with Gasteiger partial charge in [-0.1, -0.05) is 29.3 Å². The highest BCUT2D eigenvalue weighted by molar-refractivity contribution is 6.34. The Labute approximate surface area is 141 Å². The number of aromatic nitrogens is 2. The number of aromatic amines is 1. The molecule has 0 atom stereocenters. The number of aliphatic imine (C=N–C) groups is 1. The third kappa shape index (κ3) is 2.27. The van der Waals surface area contributed by atoms with Gasteiger partial charge < -0.3 is 5.32 Å². The largest absolute Gasteiger partial charge is 0.335 e. The minimum absolute atomic E-state index is 0.0396. The molecular formula is C17H11ClF2N4. The van der Waals surface area contributed by atoms with Crippen molar-refractivity contribution >= 4 is 28.8 Å². The van der Waals surface area contributed by atoms with E-state index in [0.29, 0.717) is 17.1 Å². The molecule has 7 heteroatoms. The molecule has 24 heavy (non-hydrogen) atoms. The Hall–Kier alpha value is -2.73. The highest BCUT2D eigenvalue weighted by Crippen LogP contribution is 2.40. The Morgan fingerprint density at radius 1 is 1.08 bits per heavy atom. The van der Waals surface area contributed by atoms with E-state index in [1.807, 2.05) is 19.1 Å². The lowest BCUT2D eigenvalue weighted by Crippen LogP contribution is -2.16. The SMILES string of the molecule is Cc1ccc2c(c1)-c1[nH]nc(Cl)c1NC(c1c(F)cccc1F)=N2. The molecule has 4 nitrogen and oxygen atoms in total. The number of benzene rings is 2. The predicted molar refractivity (Wildman–Crippen MR) is 89.9 cm³/mol. The van der Waals surface area contributed by atoms with Crippen LogP contribution in [0.1, 0.15) is 11.1 Å². The molecule has 0 spiro atoms. The molecule has 2 N–H and O–H groups in total. The number of halogens is 3. The Morgan fingerprint density at radius 2 is 1.83 bits per heavy atom. The zero-order chi connectivity index (χ0) is 16.8. The number of hydrogen-bond donors (Lipinski definition) is 2. The first-order valence-electron chi connectivity index (χ1n) is 7.19. The Bertz CT molecular complexity index is 974. The number of rotatable bonds is 1. The molecule has 0 saturated carbocycles. The van der Waals surface area contributed by atoms with Crippen molar-refractivity contribution in [1.82, 2.24) is 10.2 Å². The number of fused-ring (bicyclic) bond motifs is 3. The number of nitrogens with one attached hydrogen (secondary N) is 2. The summed E-state index contributed by atoms with van der Waals surface area (Å²) in [4.78, 5) is 4.42. The zero-order valence-electron chi connectivity index (χ0n) is 12.5. The predicted octanol–water partition coefficient (Wildman–Crippen LogP) is 4.82. The maximum Gasteiger partial charge on any atom is 0.174 e. The van der Waals surface area contributed by atoms with Crippen molar-refractivity contribution in [3.63, 3.8) is 0 Å². The monoisotopic (exact) mass is 344 g/mol. The standard InChI is InChI=1S/C17H11ClF2N4/c1-8-5-6-12-9(7-8)14-15(16(18)24-23-14)22-17(21-12)13-10(19)3-2-4-11(13)20/h2-7H,1H3,(H,21,22)(H,23,24). The maximum atomic E-state index is 14.2. The van der Waals surface area contributed by atoms with Gasteiger partial charge in [0.1, 0.15) is 23.2 Å². The van der Waals surface area contributed by atoms with E-state index in [4.69, 9.17) is 11.6 Å². The molecule has 0 saturated heterocycles. The highest BCUT2D eigenvalue weighted by atomic mass is 35.5. The molecule has 2 aromatic carbocycles. The molecule has 0 amide bonds. The molecular weight excluding hydrogens is 334 g/mol. The summed E-state index contributed by atoms with van der Waals surface area (Å²) in [5.41, 5.74) is 3.14. The summed E-state index contributed by atoms with van der Waals surface area (Å²) in [6.45, 7) is 1.94. The summed E-state index contributed by atoms with van der Waals surface area (Å²) in [5, 5.41) is 9.91. The van der Waals surface area contributed by atoms with Gasteiger partial charge in [0.25, 0.3) is 0 Å². The van der Waals surface area contributed by atoms with Crippen LogP contribution in [0.25, 0.3) is 11.3 Å². The van der Waals surface area contributed by atoms with E-state index in [2.05, 4.69) is 20.5 Å². The summed E-state index contributed by atoms with van der Waals surface area (Å²) >= 11 is 6.12. The lowest BCUT2D eigenvalue weighted by atomic mass is 10.1. The van der Waals surface area contributed by atoms with Gasteiger partial charge in [0.2, 0.25) is 0 Å². The first-order valence-corrected chi connectivity index (χ1v) is 7.57. The second kappa shape index (κ2) is 5.42. The average molecular weight is 345 g/mol. The van der Waals surface area contributed by atoms with Gasteiger partial charge in [0, 0.05) is 5.56 Å². The number of anilines is 1. The van der Waals surface area contributed by atoms with Gasteiger partial charge in [-0.25, -0.2) is 13.8 Å². The van der Waals surface area contributed by atoms with Crippen LogP contribution in [0, 0.1) is 18.6 Å². The fraction of sp³-hybridized carbons (Fsp3) is 0.0588. The third-order valence-electron chi connectivity index (χ3n) is 3.82. The number of nitrogens with zero attached hydrogens (tertiary/aromatic N) is 2. The van der Waals surface area contributed by atoms with Crippen LogP contribution in [0.2, 0.25) is 5.15 Å². The van der Waals surface area contributed by atoms with Crippen molar-refractivity contribution in [2.75, 3.05) is 5.32 Å². The number of hydrogen-bond acceptors (Lipinski definition) is 3. The lowest BCUT2D eigenvalue weighted by Gasteiger charge is -2.09. The fourth-order valence-electron chi connectivity index (χ4n) is 2.69. The van der Waals surface area contributed by atoms with E-state index in [1.165, 1.54) is 18.2 Å². The number of amidine groups is 1. The van der Waals surface area contributed by atoms with E-state index in [1.54, 1.807) is 6.07 Å². The summed E-state index contributed by atoms with van der Waals surface area (Å²) < 4.78 is 28.4. The highest BCUT2D eigenvalue weighted by Gasteiger charge is 2.25. The van der Waals surface area contributed by atoms with Gasteiger partial charge in [-0.2, -0.15) is 5.10 Å². The van der Waals surface area contributed by atoms with Gasteiger partial charge in [-0.15, -0.1) is 0 Å². The van der Waals surface area contributed by atoms with Crippen molar-refractivity contribution in [3.05, 3.63) is 64.3 Å². The van der Waals surface area contributed by atoms with Crippen LogP contribution in [0.3, 0.4) is 0 Å². The van der Waals surface area contributed by atoms with Gasteiger partial charge in [0.15, 0.2) is 5.15 Å². The first kappa shape index (κ1) is 14.8. The van der Waals surface area contributed by atoms with Crippen LogP contribution in [0.15, 0.2) is 41.4 Å². The average Bonchev–Trinajstić information content (AvgIpc) is 2.81. The Morgan fingerprint density at radius 3 is 2.58 bits per heavy atom. The molecule has 0 fully saturated rings. The quantitative estimate of drug-likeness (QED) is 0.665. The molecule has 0 radical (unpaired) electrons. The second-order valence-corrected chi connectivity index (χ2v) is 5.83. The van der Waals surface area contributed by atoms with Gasteiger partial charge >= 0.3 is 0 Å². The third-order valence-corrected chi connectivity index (χ3v) is 4.09. The van der Waals surface area contributed by atoms with Gasteiger partial charge in [0.05, 0.1) is 16.9 Å². The summed E-state index contributed by atoms with van der Waals surface area (Å²) in [6.07, 6.45) is 0. The van der Waals surface area contributed by atoms with E-state index < -0.39 is 11.6 Å². The lowest BCUT2D eigenvalue weighted by molar-refractivity contribution is 0.579. The van der Waals surface area contributed by atoms with E-state index in [9.17, 15) is 8.78 Å². The van der Waals surface area contributed by atoms with Crippen molar-refractivity contribution < 1.29 is 8.78 Å². The summed E-state index contributed by atoms with van der Waals surface area (Å²) in [5.74, 6) is -1.38. The van der Waals surface area contributed by atoms with E-state index >= 15 is 0 Å². The normalized spacial score (nSPS) is 12.8. The minimum Gasteiger partial charge on any atom is -0.335 e.